The summed E-state index contributed by atoms with van der Waals surface area (Å²) in [6.45, 7) is 0. The zero-order valence-electron chi connectivity index (χ0n) is 28.1. The second kappa shape index (κ2) is 13.4. The van der Waals surface area contributed by atoms with Crippen molar-refractivity contribution in [2.45, 2.75) is 22.6 Å². The molecule has 5 aliphatic rings. The third kappa shape index (κ3) is 5.65. The molecule has 12 heteroatoms. The lowest BCUT2D eigenvalue weighted by Gasteiger charge is -2.29. The number of ether oxygens (including phenoxy) is 1. The monoisotopic (exact) mass is 743 g/mol. The van der Waals surface area contributed by atoms with Crippen LogP contribution in [0.15, 0.2) is 146 Å². The number of hydrogen-bond donors (Lipinski definition) is 2. The summed E-state index contributed by atoms with van der Waals surface area (Å²) in [6.07, 6.45) is 5.61. The van der Waals surface area contributed by atoms with Gasteiger partial charge in [-0.05, 0) is 59.7 Å². The third-order valence-electron chi connectivity index (χ3n) is 9.42. The maximum atomic E-state index is 13.7. The van der Waals surface area contributed by atoms with E-state index in [4.69, 9.17) is 9.57 Å². The first-order valence-electron chi connectivity index (χ1n) is 16.9. The van der Waals surface area contributed by atoms with Gasteiger partial charge >= 0.3 is 5.97 Å². The number of carbonyl (C=O) groups is 3. The maximum Gasteiger partial charge on any atom is 0.364 e. The first kappa shape index (κ1) is 33.1. The number of rotatable bonds is 5. The van der Waals surface area contributed by atoms with Crippen LogP contribution in [0.2, 0.25) is 0 Å². The van der Waals surface area contributed by atoms with Crippen LogP contribution in [0.3, 0.4) is 0 Å². The van der Waals surface area contributed by atoms with Crippen molar-refractivity contribution >= 4 is 63.8 Å². The number of para-hydroxylation sites is 2. The van der Waals surface area contributed by atoms with Crippen molar-refractivity contribution in [3.05, 3.63) is 158 Å². The number of amides is 2. The zero-order valence-corrected chi connectivity index (χ0v) is 29.7. The number of hydroxylamine groups is 2. The van der Waals surface area contributed by atoms with E-state index < -0.39 is 23.7 Å². The third-order valence-corrected chi connectivity index (χ3v) is 11.6. The van der Waals surface area contributed by atoms with E-state index in [1.807, 2.05) is 78.9 Å². The average Bonchev–Trinajstić information content (AvgIpc) is 3.91. The summed E-state index contributed by atoms with van der Waals surface area (Å²) in [5, 5.41) is 29.5. The molecule has 1 saturated heterocycles. The van der Waals surface area contributed by atoms with Crippen LogP contribution in [-0.4, -0.2) is 22.8 Å². The molecule has 0 bridgehead atoms. The second-order valence-electron chi connectivity index (χ2n) is 12.6. The highest BCUT2D eigenvalue weighted by Crippen LogP contribution is 2.49. The summed E-state index contributed by atoms with van der Waals surface area (Å²) in [4.78, 5) is 45.8. The first-order chi connectivity index (χ1) is 26.4. The Bertz CT molecular complexity index is 2550. The molecule has 0 radical (unpaired) electrons. The summed E-state index contributed by atoms with van der Waals surface area (Å²) < 4.78 is 6.65. The maximum absolute atomic E-state index is 13.7. The fraction of sp³-hybridized carbons (Fsp3) is 0.0714. The predicted molar refractivity (Wildman–Crippen MR) is 204 cm³/mol. The normalized spacial score (nSPS) is 19.6. The standard InChI is InChI=1S/C42H25N5O5S2/c43-21-29(40-45-31-9-3-5-11-35(31)53-40)23-13-15-27-33(19-23)51-34-20-24(30(22-44)41-46-32-10-4-6-12-36(32)54-41)14-16-28(34)39(27)25-7-1-2-8-26(25)42(50)52-47-37(48)17-18-38(47)49/h1-16,19-20,23,45-46H,17-18H2/b40-29-,41-30-. The fourth-order valence-electron chi connectivity index (χ4n) is 6.85. The number of benzene rings is 4. The molecule has 2 N–H and O–H groups in total. The minimum Gasteiger partial charge on any atom is -0.456 e. The predicted octanol–water partition coefficient (Wildman–Crippen LogP) is 8.53. The summed E-state index contributed by atoms with van der Waals surface area (Å²) >= 11 is 2.97. The number of nitriles is 2. The number of hydrogen-bond acceptors (Lipinski definition) is 11. The van der Waals surface area contributed by atoms with E-state index in [1.54, 1.807) is 30.3 Å². The van der Waals surface area contributed by atoms with Crippen molar-refractivity contribution in [1.29, 1.82) is 10.5 Å². The van der Waals surface area contributed by atoms with Crippen LogP contribution in [0.1, 0.15) is 39.9 Å². The molecule has 0 saturated carbocycles. The Balaban J connectivity index is 1.16. The Morgan fingerprint density at radius 3 is 2.19 bits per heavy atom. The quantitative estimate of drug-likeness (QED) is 0.150. The summed E-state index contributed by atoms with van der Waals surface area (Å²) in [6, 6.07) is 32.7. The molecule has 4 aliphatic heterocycles. The number of carbonyl (C=O) groups excluding carboxylic acids is 3. The van der Waals surface area contributed by atoms with Crippen molar-refractivity contribution in [3.63, 3.8) is 0 Å². The van der Waals surface area contributed by atoms with Crippen LogP contribution in [-0.2, 0) is 14.4 Å². The molecule has 54 heavy (non-hydrogen) atoms. The van der Waals surface area contributed by atoms with E-state index in [0.717, 1.165) is 26.2 Å². The van der Waals surface area contributed by atoms with Gasteiger partial charge in [0.25, 0.3) is 11.8 Å². The Morgan fingerprint density at radius 1 is 0.815 bits per heavy atom. The molecule has 4 heterocycles. The SMILES string of the molecule is N#C/C(=C1\Nc2ccccc2S1)c1ccc2c(c1)OC1=CC(/C(C#N)=C3/Nc4ccccc4S3)C=CC1=C2c1ccccc1C(=O)ON1C(=O)CCC1=O. The van der Waals surface area contributed by atoms with E-state index in [1.165, 1.54) is 23.5 Å². The Morgan fingerprint density at radius 2 is 1.48 bits per heavy atom. The van der Waals surface area contributed by atoms with Crippen LogP contribution in [0.5, 0.6) is 5.75 Å². The van der Waals surface area contributed by atoms with Crippen molar-refractivity contribution in [2.24, 2.45) is 5.92 Å². The number of imide groups is 1. The summed E-state index contributed by atoms with van der Waals surface area (Å²) in [5.41, 5.74) is 5.94. The van der Waals surface area contributed by atoms with Crippen molar-refractivity contribution in [1.82, 2.24) is 5.06 Å². The lowest BCUT2D eigenvalue weighted by Crippen LogP contribution is -2.32. The minimum absolute atomic E-state index is 0.0296. The molecule has 9 rings (SSSR count). The van der Waals surface area contributed by atoms with E-state index in [0.29, 0.717) is 60.6 Å². The number of allylic oxidation sites excluding steroid dienone is 5. The minimum atomic E-state index is -0.865. The molecule has 1 fully saturated rings. The van der Waals surface area contributed by atoms with Crippen LogP contribution in [0, 0.1) is 28.6 Å². The van der Waals surface area contributed by atoms with E-state index >= 15 is 0 Å². The molecular formula is C42H25N5O5S2. The number of fused-ring (bicyclic) bond motifs is 4. The molecule has 260 valence electrons. The van der Waals surface area contributed by atoms with Gasteiger partial charge in [-0.1, -0.05) is 84.2 Å². The van der Waals surface area contributed by atoms with Crippen LogP contribution in [0.25, 0.3) is 11.1 Å². The molecule has 0 spiro atoms. The van der Waals surface area contributed by atoms with Crippen LogP contribution >= 0.6 is 23.5 Å². The molecule has 4 aromatic carbocycles. The van der Waals surface area contributed by atoms with Gasteiger partial charge in [0.1, 0.15) is 17.6 Å². The van der Waals surface area contributed by atoms with Gasteiger partial charge < -0.3 is 20.2 Å². The topological polar surface area (TPSA) is 145 Å². The highest BCUT2D eigenvalue weighted by atomic mass is 32.2. The van der Waals surface area contributed by atoms with Gasteiger partial charge in [-0.3, -0.25) is 9.59 Å². The first-order valence-corrected chi connectivity index (χ1v) is 18.5. The van der Waals surface area contributed by atoms with Gasteiger partial charge in [0.05, 0.1) is 44.2 Å². The van der Waals surface area contributed by atoms with Crippen molar-refractivity contribution < 1.29 is 24.0 Å². The Hall–Kier alpha value is -6.73. The highest BCUT2D eigenvalue weighted by Gasteiger charge is 2.36. The summed E-state index contributed by atoms with van der Waals surface area (Å²) in [5.74, 6) is -1.59. The van der Waals surface area contributed by atoms with Gasteiger partial charge in [-0.2, -0.15) is 10.5 Å². The number of thioether (sulfide) groups is 2. The lowest BCUT2D eigenvalue weighted by atomic mass is 9.82. The van der Waals surface area contributed by atoms with Crippen LogP contribution in [0.4, 0.5) is 11.4 Å². The summed E-state index contributed by atoms with van der Waals surface area (Å²) in [7, 11) is 0. The fourth-order valence-corrected chi connectivity index (χ4v) is 8.92. The molecule has 0 aromatic heterocycles. The van der Waals surface area contributed by atoms with Gasteiger partial charge in [0, 0.05) is 45.3 Å². The van der Waals surface area contributed by atoms with Crippen molar-refractivity contribution in [3.8, 4) is 17.9 Å². The smallest absolute Gasteiger partial charge is 0.364 e. The number of anilines is 2. The second-order valence-corrected chi connectivity index (χ2v) is 14.7. The molecule has 1 atom stereocenters. The van der Waals surface area contributed by atoms with E-state index in [9.17, 15) is 24.9 Å². The lowest BCUT2D eigenvalue weighted by molar-refractivity contribution is -0.172. The molecular weight excluding hydrogens is 719 g/mol. The Kier molecular flexibility index (Phi) is 8.19. The molecule has 1 unspecified atom stereocenters. The molecule has 10 nitrogen and oxygen atoms in total. The van der Waals surface area contributed by atoms with Crippen LogP contribution < -0.4 is 15.4 Å². The molecule has 2 amide bonds. The molecule has 1 aliphatic carbocycles. The molecule has 4 aromatic rings. The average molecular weight is 744 g/mol. The van der Waals surface area contributed by atoms with E-state index in [2.05, 4.69) is 22.8 Å². The van der Waals surface area contributed by atoms with Gasteiger partial charge in [-0.25, -0.2) is 4.79 Å². The largest absolute Gasteiger partial charge is 0.456 e. The van der Waals surface area contributed by atoms with Crippen molar-refractivity contribution in [2.75, 3.05) is 10.6 Å². The highest BCUT2D eigenvalue weighted by molar-refractivity contribution is 8.04. The van der Waals surface area contributed by atoms with Gasteiger partial charge in [0.15, 0.2) is 0 Å². The van der Waals surface area contributed by atoms with E-state index in [-0.39, 0.29) is 18.4 Å². The van der Waals surface area contributed by atoms with Gasteiger partial charge in [-0.15, -0.1) is 5.06 Å². The Labute approximate surface area is 317 Å². The van der Waals surface area contributed by atoms with Gasteiger partial charge in [0.2, 0.25) is 0 Å². The number of nitrogens with one attached hydrogen (secondary N) is 2. The zero-order chi connectivity index (χ0) is 36.9. The number of nitrogens with zero attached hydrogens (tertiary/aromatic N) is 3.